The van der Waals surface area contributed by atoms with E-state index in [9.17, 15) is 0 Å². The molecule has 0 aliphatic rings. The fourth-order valence-electron chi connectivity index (χ4n) is 3.63. The summed E-state index contributed by atoms with van der Waals surface area (Å²) in [5.74, 6) is 1.26. The van der Waals surface area contributed by atoms with Gasteiger partial charge in [0.1, 0.15) is 0 Å². The van der Waals surface area contributed by atoms with E-state index >= 15 is 0 Å². The molecular weight excluding hydrogens is 314 g/mol. The zero-order valence-electron chi connectivity index (χ0n) is 17.3. The monoisotopic (exact) mass is 349 g/mol. The molecule has 0 saturated carbocycles. The first-order chi connectivity index (χ1) is 12.4. The maximum absolute atomic E-state index is 4.16. The fraction of sp³-hybridized carbons (Fsp3) is 0.440. The number of aromatic nitrogens is 1. The number of nitrogens with zero attached hydrogens (tertiary/aromatic N) is 1. The van der Waals surface area contributed by atoms with E-state index in [-0.39, 0.29) is 0 Å². The van der Waals surface area contributed by atoms with E-state index in [0.29, 0.717) is 11.8 Å². The van der Waals surface area contributed by atoms with Crippen molar-refractivity contribution < 1.29 is 0 Å². The zero-order chi connectivity index (χ0) is 19.1. The van der Waals surface area contributed by atoms with E-state index in [1.54, 1.807) is 0 Å². The van der Waals surface area contributed by atoms with Crippen LogP contribution in [0.5, 0.6) is 0 Å². The third-order valence-corrected chi connectivity index (χ3v) is 5.29. The van der Waals surface area contributed by atoms with Crippen molar-refractivity contribution in [3.05, 3.63) is 72.0 Å². The van der Waals surface area contributed by atoms with Crippen LogP contribution in [0.3, 0.4) is 0 Å². The minimum Gasteiger partial charge on any atom is -0.343 e. The van der Waals surface area contributed by atoms with Crippen LogP contribution in [0.2, 0.25) is 0 Å². The molecule has 0 aliphatic heterocycles. The first-order valence-electron chi connectivity index (χ1n) is 9.89. The maximum atomic E-state index is 4.16. The first-order valence-corrected chi connectivity index (χ1v) is 9.89. The van der Waals surface area contributed by atoms with Gasteiger partial charge in [0, 0.05) is 18.3 Å². The quantitative estimate of drug-likeness (QED) is 0.412. The van der Waals surface area contributed by atoms with Crippen LogP contribution in [-0.2, 0) is 6.54 Å². The van der Waals surface area contributed by atoms with Crippen LogP contribution < -0.4 is 0 Å². The molecule has 0 saturated heterocycles. The Balaban J connectivity index is 1.87. The van der Waals surface area contributed by atoms with Crippen LogP contribution in [0.1, 0.15) is 53.9 Å². The Morgan fingerprint density at radius 2 is 1.77 bits per heavy atom. The van der Waals surface area contributed by atoms with Crippen molar-refractivity contribution in [2.75, 3.05) is 0 Å². The van der Waals surface area contributed by atoms with Gasteiger partial charge in [0.25, 0.3) is 0 Å². The summed E-state index contributed by atoms with van der Waals surface area (Å²) in [6, 6.07) is 10.8. The highest BCUT2D eigenvalue weighted by Crippen LogP contribution is 2.24. The molecule has 0 amide bonds. The Hall–Kier alpha value is -2.02. The lowest BCUT2D eigenvalue weighted by molar-refractivity contribution is 0.447. The average molecular weight is 350 g/mol. The van der Waals surface area contributed by atoms with Gasteiger partial charge in [-0.2, -0.15) is 0 Å². The van der Waals surface area contributed by atoms with Gasteiger partial charge in [-0.15, -0.1) is 0 Å². The molecule has 1 heterocycles. The van der Waals surface area contributed by atoms with Crippen LogP contribution in [0.15, 0.2) is 72.0 Å². The molecule has 1 heteroatoms. The van der Waals surface area contributed by atoms with E-state index in [4.69, 9.17) is 0 Å². The number of rotatable bonds is 9. The summed E-state index contributed by atoms with van der Waals surface area (Å²) in [4.78, 5) is 0. The molecule has 0 N–H and O–H groups in total. The molecule has 0 aliphatic carbocycles. The molecule has 0 radical (unpaired) electrons. The minimum atomic E-state index is 0.601. The number of hydrogen-bond acceptors (Lipinski definition) is 0. The average Bonchev–Trinajstić information content (AvgIpc) is 2.97. The number of hydrogen-bond donors (Lipinski definition) is 0. The summed E-state index contributed by atoms with van der Waals surface area (Å²) in [5.41, 5.74) is 5.54. The smallest absolute Gasteiger partial charge is 0.0483 e. The van der Waals surface area contributed by atoms with Crippen LogP contribution in [0, 0.1) is 11.8 Å². The molecule has 1 unspecified atom stereocenters. The van der Waals surface area contributed by atoms with Crippen LogP contribution in [0.4, 0.5) is 0 Å². The second kappa shape index (κ2) is 9.62. The molecule has 26 heavy (non-hydrogen) atoms. The molecule has 1 atom stereocenters. The molecule has 1 aromatic heterocycles. The zero-order valence-corrected chi connectivity index (χ0v) is 17.3. The number of benzene rings is 1. The first kappa shape index (κ1) is 20.3. The van der Waals surface area contributed by atoms with Crippen molar-refractivity contribution in [2.24, 2.45) is 11.8 Å². The lowest BCUT2D eigenvalue weighted by Gasteiger charge is -2.19. The van der Waals surface area contributed by atoms with E-state index in [1.165, 1.54) is 27.6 Å². The molecule has 1 aromatic carbocycles. The third kappa shape index (κ3) is 5.76. The summed E-state index contributed by atoms with van der Waals surface area (Å²) in [7, 11) is 0. The lowest BCUT2D eigenvalue weighted by Crippen LogP contribution is -2.08. The van der Waals surface area contributed by atoms with Gasteiger partial charge in [-0.1, -0.05) is 67.5 Å². The Bertz CT molecular complexity index is 785. The predicted molar refractivity (Wildman–Crippen MR) is 116 cm³/mol. The summed E-state index contributed by atoms with van der Waals surface area (Å²) in [6.45, 7) is 16.4. The van der Waals surface area contributed by atoms with Crippen molar-refractivity contribution in [1.29, 1.82) is 0 Å². The van der Waals surface area contributed by atoms with Gasteiger partial charge in [-0.05, 0) is 69.4 Å². The van der Waals surface area contributed by atoms with Gasteiger partial charge in [-0.3, -0.25) is 0 Å². The van der Waals surface area contributed by atoms with Crippen molar-refractivity contribution in [2.45, 2.75) is 60.4 Å². The highest BCUT2D eigenvalue weighted by molar-refractivity contribution is 5.79. The normalized spacial score (nSPS) is 14.2. The third-order valence-electron chi connectivity index (χ3n) is 5.29. The lowest BCUT2D eigenvalue weighted by atomic mass is 9.86. The van der Waals surface area contributed by atoms with Crippen molar-refractivity contribution >= 4 is 10.9 Å². The summed E-state index contributed by atoms with van der Waals surface area (Å²) in [5, 5.41) is 1.32. The molecule has 0 bridgehead atoms. The van der Waals surface area contributed by atoms with Gasteiger partial charge >= 0.3 is 0 Å². The second-order valence-electron chi connectivity index (χ2n) is 8.07. The summed E-state index contributed by atoms with van der Waals surface area (Å²) >= 11 is 0. The van der Waals surface area contributed by atoms with Crippen LogP contribution in [0.25, 0.3) is 10.9 Å². The standard InChI is InChI=1S/C25H35N/c1-19(2)24(20(3)4)15-14-21(5)10-9-11-22(6)18-26-17-16-23-12-7-8-13-25(23)26/h7-8,11-14,16-17,20,24H,1,9-10,15,18H2,2-6H3. The molecule has 1 nitrogen and oxygen atoms in total. The molecular formula is C25H35N. The topological polar surface area (TPSA) is 4.93 Å². The Morgan fingerprint density at radius 3 is 2.46 bits per heavy atom. The SMILES string of the molecule is C=C(C)C(CC=C(C)CCC=C(C)Cn1ccc2ccccc21)C(C)C. The Kier molecular flexibility index (Phi) is 7.50. The van der Waals surface area contributed by atoms with Gasteiger partial charge in [0.05, 0.1) is 0 Å². The molecule has 2 rings (SSSR count). The second-order valence-corrected chi connectivity index (χ2v) is 8.07. The van der Waals surface area contributed by atoms with E-state index in [0.717, 1.165) is 25.8 Å². The van der Waals surface area contributed by atoms with Crippen LogP contribution >= 0.6 is 0 Å². The molecule has 2 aromatic rings. The highest BCUT2D eigenvalue weighted by Gasteiger charge is 2.12. The van der Waals surface area contributed by atoms with Crippen molar-refractivity contribution in [1.82, 2.24) is 4.57 Å². The predicted octanol–water partition coefficient (Wildman–Crippen LogP) is 7.55. The van der Waals surface area contributed by atoms with Gasteiger partial charge in [0.15, 0.2) is 0 Å². The largest absolute Gasteiger partial charge is 0.343 e. The van der Waals surface area contributed by atoms with Gasteiger partial charge in [0.2, 0.25) is 0 Å². The maximum Gasteiger partial charge on any atom is 0.0483 e. The van der Waals surface area contributed by atoms with E-state index in [1.807, 2.05) is 0 Å². The van der Waals surface area contributed by atoms with Gasteiger partial charge in [-0.25, -0.2) is 0 Å². The Labute approximate surface area is 160 Å². The molecule has 0 fully saturated rings. The Morgan fingerprint density at radius 1 is 1.04 bits per heavy atom. The van der Waals surface area contributed by atoms with Crippen molar-refractivity contribution in [3.63, 3.8) is 0 Å². The summed E-state index contributed by atoms with van der Waals surface area (Å²) < 4.78 is 2.34. The number of fused-ring (bicyclic) bond motifs is 1. The van der Waals surface area contributed by atoms with Crippen LogP contribution in [-0.4, -0.2) is 4.57 Å². The number of para-hydroxylation sites is 1. The van der Waals surface area contributed by atoms with Crippen molar-refractivity contribution in [3.8, 4) is 0 Å². The summed E-state index contributed by atoms with van der Waals surface area (Å²) in [6.07, 6.45) is 10.4. The van der Waals surface area contributed by atoms with E-state index in [2.05, 4.69) is 94.4 Å². The van der Waals surface area contributed by atoms with E-state index < -0.39 is 0 Å². The minimum absolute atomic E-state index is 0.601. The molecule has 140 valence electrons. The molecule has 0 spiro atoms. The number of allylic oxidation sites excluding steroid dienone is 5. The fourth-order valence-corrected chi connectivity index (χ4v) is 3.63. The highest BCUT2D eigenvalue weighted by atomic mass is 14.9. The van der Waals surface area contributed by atoms with Gasteiger partial charge < -0.3 is 4.57 Å².